The molecule has 2 atom stereocenters. The van der Waals surface area contributed by atoms with E-state index in [0.29, 0.717) is 0 Å². The Morgan fingerprint density at radius 1 is 0.818 bits per heavy atom. The third kappa shape index (κ3) is 1.68. The molecule has 2 aromatic carbocycles. The van der Waals surface area contributed by atoms with Crippen LogP contribution in [0.5, 0.6) is 0 Å². The van der Waals surface area contributed by atoms with Crippen LogP contribution in [0.1, 0.15) is 45.2 Å². The van der Waals surface area contributed by atoms with Gasteiger partial charge in [0.15, 0.2) is 0 Å². The van der Waals surface area contributed by atoms with Crippen LogP contribution in [0.25, 0.3) is 0 Å². The van der Waals surface area contributed by atoms with Crippen molar-refractivity contribution in [2.24, 2.45) is 0 Å². The summed E-state index contributed by atoms with van der Waals surface area (Å²) in [6.45, 7) is 8.71. The minimum atomic E-state index is -2.83. The predicted molar refractivity (Wildman–Crippen MR) is 90.7 cm³/mol. The Balaban J connectivity index is 2.02. The van der Waals surface area contributed by atoms with Gasteiger partial charge in [0, 0.05) is 0 Å². The summed E-state index contributed by atoms with van der Waals surface area (Å²) < 4.78 is 16.1. The van der Waals surface area contributed by atoms with Crippen molar-refractivity contribution in [1.29, 1.82) is 0 Å². The molecule has 0 N–H and O–H groups in total. The van der Waals surface area contributed by atoms with Crippen LogP contribution < -0.4 is 8.92 Å². The molecule has 116 valence electrons. The fourth-order valence-electron chi connectivity index (χ4n) is 3.54. The molecule has 0 bridgehead atoms. The summed E-state index contributed by atoms with van der Waals surface area (Å²) >= 11 is -2.83. The summed E-state index contributed by atoms with van der Waals surface area (Å²) in [6, 6.07) is 17.3. The van der Waals surface area contributed by atoms with Crippen molar-refractivity contribution in [2.45, 2.75) is 45.3 Å². The van der Waals surface area contributed by atoms with Gasteiger partial charge >= 0.3 is 135 Å². The standard InChI is InChI=1S/C19H22O2Se/c1-5-19(4)15-11-7-9-13-17(15)22(21-19)16-12-8-6-10-14(16)18(2,3)20-22/h6-13H,5H2,1-4H3. The molecule has 0 radical (unpaired) electrons. The van der Waals surface area contributed by atoms with Crippen molar-refractivity contribution >= 4 is 22.4 Å². The van der Waals surface area contributed by atoms with Crippen LogP contribution in [-0.2, 0) is 18.8 Å². The number of rotatable bonds is 1. The van der Waals surface area contributed by atoms with Crippen LogP contribution in [0.3, 0.4) is 0 Å². The molecule has 2 aliphatic rings. The Labute approximate surface area is 135 Å². The molecule has 3 heteroatoms. The van der Waals surface area contributed by atoms with E-state index < -0.39 is 13.5 Å². The Morgan fingerprint density at radius 2 is 1.36 bits per heavy atom. The molecule has 2 aromatic rings. The van der Waals surface area contributed by atoms with Crippen molar-refractivity contribution in [3.05, 3.63) is 59.7 Å². The van der Waals surface area contributed by atoms with Crippen LogP contribution in [0.15, 0.2) is 48.5 Å². The first-order valence-corrected chi connectivity index (χ1v) is 11.0. The van der Waals surface area contributed by atoms with Crippen LogP contribution in [0.4, 0.5) is 0 Å². The average Bonchev–Trinajstić information content (AvgIpc) is 2.91. The third-order valence-corrected chi connectivity index (χ3v) is 11.4. The van der Waals surface area contributed by atoms with Gasteiger partial charge in [0.2, 0.25) is 0 Å². The van der Waals surface area contributed by atoms with Crippen molar-refractivity contribution in [3.8, 4) is 0 Å². The van der Waals surface area contributed by atoms with Crippen molar-refractivity contribution in [2.75, 3.05) is 0 Å². The van der Waals surface area contributed by atoms with E-state index in [2.05, 4.69) is 76.2 Å². The van der Waals surface area contributed by atoms with Gasteiger partial charge in [-0.3, -0.25) is 0 Å². The van der Waals surface area contributed by atoms with Gasteiger partial charge in [-0.15, -0.1) is 0 Å². The first kappa shape index (κ1) is 14.5. The minimum absolute atomic E-state index is 0.246. The van der Waals surface area contributed by atoms with E-state index in [1.807, 2.05) is 0 Å². The normalized spacial score (nSPS) is 34.2. The van der Waals surface area contributed by atoms with Crippen LogP contribution >= 0.6 is 0 Å². The molecule has 22 heavy (non-hydrogen) atoms. The van der Waals surface area contributed by atoms with E-state index in [4.69, 9.17) is 7.64 Å². The second-order valence-corrected chi connectivity index (χ2v) is 11.4. The van der Waals surface area contributed by atoms with Crippen molar-refractivity contribution in [3.63, 3.8) is 0 Å². The van der Waals surface area contributed by atoms with Gasteiger partial charge in [-0.1, -0.05) is 0 Å². The zero-order valence-electron chi connectivity index (χ0n) is 13.6. The van der Waals surface area contributed by atoms with Gasteiger partial charge in [-0.2, -0.15) is 0 Å². The number of fused-ring (bicyclic) bond motifs is 4. The molecule has 2 unspecified atom stereocenters. The molecule has 4 rings (SSSR count). The number of hydrogen-bond donors (Lipinski definition) is 0. The first-order chi connectivity index (χ1) is 10.4. The molecule has 0 amide bonds. The molecule has 2 heterocycles. The van der Waals surface area contributed by atoms with E-state index >= 15 is 0 Å². The summed E-state index contributed by atoms with van der Waals surface area (Å²) in [6.07, 6.45) is 0.953. The zero-order chi connectivity index (χ0) is 15.6. The molecule has 1 spiro atoms. The maximum absolute atomic E-state index is 6.81. The molecule has 0 saturated carbocycles. The van der Waals surface area contributed by atoms with E-state index in [1.54, 1.807) is 0 Å². The third-order valence-electron chi connectivity index (χ3n) is 4.87. The predicted octanol–water partition coefficient (Wildman–Crippen LogP) is 3.16. The first-order valence-electron chi connectivity index (χ1n) is 7.87. The van der Waals surface area contributed by atoms with Crippen LogP contribution in [-0.4, -0.2) is 13.5 Å². The summed E-state index contributed by atoms with van der Waals surface area (Å²) in [4.78, 5) is 0. The SMILES string of the molecule is CCC1(C)O[Se]2(OC(C)(C)c3ccccc32)c2ccccc21. The van der Waals surface area contributed by atoms with Crippen molar-refractivity contribution < 1.29 is 7.64 Å². The molecular weight excluding hydrogens is 339 g/mol. The van der Waals surface area contributed by atoms with E-state index in [9.17, 15) is 0 Å². The Morgan fingerprint density at radius 3 is 2.00 bits per heavy atom. The fraction of sp³-hybridized carbons (Fsp3) is 0.368. The quantitative estimate of drug-likeness (QED) is 0.727. The fourth-order valence-corrected chi connectivity index (χ4v) is 11.4. The van der Waals surface area contributed by atoms with E-state index in [-0.39, 0.29) is 11.2 Å². The molecule has 2 aliphatic heterocycles. The molecule has 0 saturated heterocycles. The number of hydrogen-bond acceptors (Lipinski definition) is 2. The van der Waals surface area contributed by atoms with Gasteiger partial charge in [0.05, 0.1) is 0 Å². The molecular formula is C19H22O2Se. The summed E-state index contributed by atoms with van der Waals surface area (Å²) in [5.74, 6) is 0. The second-order valence-electron chi connectivity index (χ2n) is 6.76. The van der Waals surface area contributed by atoms with E-state index in [0.717, 1.165) is 6.42 Å². The molecule has 0 aromatic heterocycles. The molecule has 2 nitrogen and oxygen atoms in total. The topological polar surface area (TPSA) is 18.5 Å². The average molecular weight is 361 g/mol. The Bertz CT molecular complexity index is 755. The molecule has 0 fully saturated rings. The summed E-state index contributed by atoms with van der Waals surface area (Å²) in [5.41, 5.74) is 2.06. The molecule has 0 aliphatic carbocycles. The summed E-state index contributed by atoms with van der Waals surface area (Å²) in [5, 5.41) is 0. The van der Waals surface area contributed by atoms with Gasteiger partial charge < -0.3 is 0 Å². The number of benzene rings is 2. The monoisotopic (exact) mass is 362 g/mol. The van der Waals surface area contributed by atoms with Crippen LogP contribution in [0, 0.1) is 0 Å². The summed E-state index contributed by atoms with van der Waals surface area (Å²) in [7, 11) is 0. The second kappa shape index (κ2) is 4.46. The maximum atomic E-state index is 6.81. The van der Waals surface area contributed by atoms with Gasteiger partial charge in [-0.05, 0) is 0 Å². The van der Waals surface area contributed by atoms with Crippen molar-refractivity contribution in [1.82, 2.24) is 0 Å². The van der Waals surface area contributed by atoms with Gasteiger partial charge in [0.25, 0.3) is 0 Å². The Kier molecular flexibility index (Phi) is 2.93. The van der Waals surface area contributed by atoms with Gasteiger partial charge in [-0.25, -0.2) is 0 Å². The van der Waals surface area contributed by atoms with Crippen LogP contribution in [0.2, 0.25) is 0 Å². The van der Waals surface area contributed by atoms with Gasteiger partial charge in [0.1, 0.15) is 0 Å². The Hall–Kier alpha value is -1.12. The van der Waals surface area contributed by atoms with E-state index in [1.165, 1.54) is 20.1 Å². The zero-order valence-corrected chi connectivity index (χ0v) is 15.3.